The van der Waals surface area contributed by atoms with Crippen LogP contribution in [0, 0.1) is 0 Å². The molecule has 1 fully saturated rings. The van der Waals surface area contributed by atoms with Gasteiger partial charge >= 0.3 is 0 Å². The summed E-state index contributed by atoms with van der Waals surface area (Å²) >= 11 is 0. The molecule has 0 radical (unpaired) electrons. The zero-order valence-corrected chi connectivity index (χ0v) is 9.15. The maximum absolute atomic E-state index is 9.56. The van der Waals surface area contributed by atoms with Gasteiger partial charge in [0.2, 0.25) is 0 Å². The summed E-state index contributed by atoms with van der Waals surface area (Å²) in [7, 11) is 0. The lowest BCUT2D eigenvalue weighted by atomic mass is 9.92. The number of nitrogens with one attached hydrogen (secondary N) is 1. The van der Waals surface area contributed by atoms with Gasteiger partial charge in [0, 0.05) is 17.6 Å². The monoisotopic (exact) mass is 209 g/mol. The average Bonchev–Trinajstić information content (AvgIpc) is 2.70. The first-order valence-electron chi connectivity index (χ1n) is 5.72. The minimum atomic E-state index is -0.118. The molecule has 0 saturated heterocycles. The maximum atomic E-state index is 9.56. The first-order valence-corrected chi connectivity index (χ1v) is 5.72. The van der Waals surface area contributed by atoms with Crippen LogP contribution in [0.1, 0.15) is 44.2 Å². The molecule has 3 atom stereocenters. The van der Waals surface area contributed by atoms with Crippen molar-refractivity contribution in [3.8, 4) is 0 Å². The fraction of sp³-hybridized carbons (Fsp3) is 0.667. The Bertz CT molecular complexity index is 284. The second kappa shape index (κ2) is 4.81. The van der Waals surface area contributed by atoms with Crippen molar-refractivity contribution in [2.45, 2.75) is 50.8 Å². The van der Waals surface area contributed by atoms with Crippen LogP contribution in [-0.2, 0) is 0 Å². The number of hydrogen-bond donors (Lipinski definition) is 2. The molecule has 84 valence electrons. The minimum absolute atomic E-state index is 0.118. The summed E-state index contributed by atoms with van der Waals surface area (Å²) in [5.74, 6) is 0. The fourth-order valence-electron chi connectivity index (χ4n) is 2.29. The van der Waals surface area contributed by atoms with Crippen molar-refractivity contribution in [1.82, 2.24) is 5.32 Å². The van der Waals surface area contributed by atoms with Gasteiger partial charge in [0.15, 0.2) is 0 Å². The molecule has 2 N–H and O–H groups in total. The molecule has 0 aromatic carbocycles. The van der Waals surface area contributed by atoms with E-state index < -0.39 is 0 Å². The van der Waals surface area contributed by atoms with Crippen molar-refractivity contribution in [1.29, 1.82) is 0 Å². The second-order valence-corrected chi connectivity index (χ2v) is 4.46. The van der Waals surface area contributed by atoms with E-state index in [4.69, 9.17) is 4.42 Å². The van der Waals surface area contributed by atoms with Crippen LogP contribution in [-0.4, -0.2) is 17.3 Å². The van der Waals surface area contributed by atoms with Crippen molar-refractivity contribution in [2.24, 2.45) is 0 Å². The Balaban J connectivity index is 1.86. The molecule has 0 aliphatic heterocycles. The number of aliphatic hydroxyl groups excluding tert-OH is 1. The Morgan fingerprint density at radius 1 is 1.53 bits per heavy atom. The predicted octanol–water partition coefficient (Wildman–Crippen LogP) is 2.23. The molecule has 1 aliphatic carbocycles. The van der Waals surface area contributed by atoms with Crippen LogP contribution >= 0.6 is 0 Å². The van der Waals surface area contributed by atoms with Crippen LogP contribution in [0.3, 0.4) is 0 Å². The van der Waals surface area contributed by atoms with Crippen molar-refractivity contribution >= 4 is 0 Å². The van der Waals surface area contributed by atoms with Gasteiger partial charge in [-0.3, -0.25) is 0 Å². The smallest absolute Gasteiger partial charge is 0.0950 e. The summed E-state index contributed by atoms with van der Waals surface area (Å²) in [6, 6.07) is 2.73. The lowest BCUT2D eigenvalue weighted by molar-refractivity contribution is 0.109. The highest BCUT2D eigenvalue weighted by molar-refractivity contribution is 5.10. The third-order valence-corrected chi connectivity index (χ3v) is 3.18. The van der Waals surface area contributed by atoms with E-state index in [0.29, 0.717) is 12.1 Å². The standard InChI is InChI=1S/C12H19NO2/c1-9(10-5-6-15-8-10)13-11-3-2-4-12(14)7-11/h5-6,8-9,11-14H,2-4,7H2,1H3. The molecule has 0 spiro atoms. The Hall–Kier alpha value is -0.800. The summed E-state index contributed by atoms with van der Waals surface area (Å²) in [5.41, 5.74) is 1.18. The van der Waals surface area contributed by atoms with Crippen molar-refractivity contribution in [3.63, 3.8) is 0 Å². The molecule has 1 aliphatic rings. The van der Waals surface area contributed by atoms with E-state index in [1.807, 2.05) is 6.07 Å². The molecule has 0 bridgehead atoms. The normalized spacial score (nSPS) is 28.9. The van der Waals surface area contributed by atoms with Crippen LogP contribution in [0.15, 0.2) is 23.0 Å². The van der Waals surface area contributed by atoms with Gasteiger partial charge in [-0.2, -0.15) is 0 Å². The van der Waals surface area contributed by atoms with Crippen LogP contribution in [0.5, 0.6) is 0 Å². The van der Waals surface area contributed by atoms with Gasteiger partial charge in [-0.15, -0.1) is 0 Å². The predicted molar refractivity (Wildman–Crippen MR) is 58.5 cm³/mol. The first-order chi connectivity index (χ1) is 7.25. The Labute approximate surface area is 90.5 Å². The van der Waals surface area contributed by atoms with Crippen molar-refractivity contribution < 1.29 is 9.52 Å². The summed E-state index contributed by atoms with van der Waals surface area (Å²) in [6.07, 6.45) is 7.48. The number of rotatable bonds is 3. The summed E-state index contributed by atoms with van der Waals surface area (Å²) < 4.78 is 5.06. The van der Waals surface area contributed by atoms with Gasteiger partial charge in [0.25, 0.3) is 0 Å². The largest absolute Gasteiger partial charge is 0.472 e. The van der Waals surface area contributed by atoms with E-state index in [0.717, 1.165) is 19.3 Å². The lowest BCUT2D eigenvalue weighted by Crippen LogP contribution is -2.37. The van der Waals surface area contributed by atoms with Gasteiger partial charge in [-0.25, -0.2) is 0 Å². The number of hydrogen-bond acceptors (Lipinski definition) is 3. The SMILES string of the molecule is CC(NC1CCCC(O)C1)c1ccoc1. The molecule has 0 amide bonds. The van der Waals surface area contributed by atoms with E-state index in [-0.39, 0.29) is 6.10 Å². The summed E-state index contributed by atoms with van der Waals surface area (Å²) in [6.45, 7) is 2.13. The molecule has 3 heteroatoms. The molecule has 1 aromatic heterocycles. The number of furan rings is 1. The van der Waals surface area contributed by atoms with Gasteiger partial charge in [-0.05, 0) is 38.7 Å². The molecule has 1 heterocycles. The summed E-state index contributed by atoms with van der Waals surface area (Å²) in [5, 5.41) is 13.1. The van der Waals surface area contributed by atoms with E-state index in [1.54, 1.807) is 12.5 Å². The molecule has 2 rings (SSSR count). The van der Waals surface area contributed by atoms with Crippen molar-refractivity contribution in [3.05, 3.63) is 24.2 Å². The van der Waals surface area contributed by atoms with Crippen LogP contribution in [0.2, 0.25) is 0 Å². The van der Waals surface area contributed by atoms with E-state index in [9.17, 15) is 5.11 Å². The molecule has 3 unspecified atom stereocenters. The highest BCUT2D eigenvalue weighted by atomic mass is 16.3. The first kappa shape index (κ1) is 10.7. The molecule has 1 saturated carbocycles. The van der Waals surface area contributed by atoms with Gasteiger partial charge in [0.05, 0.1) is 18.6 Å². The topological polar surface area (TPSA) is 45.4 Å². The maximum Gasteiger partial charge on any atom is 0.0950 e. The highest BCUT2D eigenvalue weighted by Gasteiger charge is 2.21. The van der Waals surface area contributed by atoms with E-state index in [1.165, 1.54) is 12.0 Å². The van der Waals surface area contributed by atoms with Crippen LogP contribution in [0.4, 0.5) is 0 Å². The third-order valence-electron chi connectivity index (χ3n) is 3.18. The quantitative estimate of drug-likeness (QED) is 0.802. The van der Waals surface area contributed by atoms with Gasteiger partial charge < -0.3 is 14.8 Å². The Morgan fingerprint density at radius 3 is 3.07 bits per heavy atom. The Kier molecular flexibility index (Phi) is 3.44. The highest BCUT2D eigenvalue weighted by Crippen LogP contribution is 2.22. The van der Waals surface area contributed by atoms with Gasteiger partial charge in [0.1, 0.15) is 0 Å². The minimum Gasteiger partial charge on any atom is -0.472 e. The number of aliphatic hydroxyl groups is 1. The summed E-state index contributed by atoms with van der Waals surface area (Å²) in [4.78, 5) is 0. The van der Waals surface area contributed by atoms with E-state index in [2.05, 4.69) is 12.2 Å². The lowest BCUT2D eigenvalue weighted by Gasteiger charge is -2.29. The third kappa shape index (κ3) is 2.83. The van der Waals surface area contributed by atoms with Crippen LogP contribution in [0.25, 0.3) is 0 Å². The average molecular weight is 209 g/mol. The second-order valence-electron chi connectivity index (χ2n) is 4.46. The molecular weight excluding hydrogens is 190 g/mol. The molecule has 1 aromatic rings. The molecule has 15 heavy (non-hydrogen) atoms. The zero-order chi connectivity index (χ0) is 10.7. The molecule has 3 nitrogen and oxygen atoms in total. The van der Waals surface area contributed by atoms with Crippen LogP contribution < -0.4 is 5.32 Å². The molecular formula is C12H19NO2. The van der Waals surface area contributed by atoms with Gasteiger partial charge in [-0.1, -0.05) is 0 Å². The van der Waals surface area contributed by atoms with E-state index >= 15 is 0 Å². The zero-order valence-electron chi connectivity index (χ0n) is 9.15. The Morgan fingerprint density at radius 2 is 2.40 bits per heavy atom. The fourth-order valence-corrected chi connectivity index (χ4v) is 2.29. The van der Waals surface area contributed by atoms with Crippen molar-refractivity contribution in [2.75, 3.05) is 0 Å².